The largest absolute Gasteiger partial charge is 0.457 e. The van der Waals surface area contributed by atoms with Crippen molar-refractivity contribution in [1.82, 2.24) is 0 Å². The van der Waals surface area contributed by atoms with Gasteiger partial charge in [0.05, 0.1) is 5.56 Å². The number of esters is 1. The smallest absolute Gasteiger partial charge is 0.338 e. The van der Waals surface area contributed by atoms with Crippen LogP contribution >= 0.6 is 11.6 Å². The number of fused-ring (bicyclic) bond motifs is 1. The molecular weight excluding hydrogens is 328 g/mol. The predicted molar refractivity (Wildman–Crippen MR) is 92.5 cm³/mol. The van der Waals surface area contributed by atoms with Gasteiger partial charge in [0, 0.05) is 22.0 Å². The first-order valence-electron chi connectivity index (χ1n) is 7.41. The molecule has 1 heterocycles. The van der Waals surface area contributed by atoms with Crippen LogP contribution in [0, 0.1) is 13.8 Å². The molecule has 0 spiro atoms. The zero-order chi connectivity index (χ0) is 17.3. The first kappa shape index (κ1) is 16.3. The first-order chi connectivity index (χ1) is 11.4. The fourth-order valence-electron chi connectivity index (χ4n) is 2.38. The van der Waals surface area contributed by atoms with Gasteiger partial charge >= 0.3 is 11.6 Å². The lowest BCUT2D eigenvalue weighted by Gasteiger charge is -2.09. The summed E-state index contributed by atoms with van der Waals surface area (Å²) in [5.74, 6) is -0.449. The number of carbonyl (C=O) groups is 1. The van der Waals surface area contributed by atoms with Gasteiger partial charge in [-0.25, -0.2) is 9.59 Å². The van der Waals surface area contributed by atoms with Crippen LogP contribution in [-0.2, 0) is 11.3 Å². The van der Waals surface area contributed by atoms with Gasteiger partial charge < -0.3 is 9.15 Å². The van der Waals surface area contributed by atoms with Gasteiger partial charge in [0.2, 0.25) is 0 Å². The normalized spacial score (nSPS) is 10.8. The van der Waals surface area contributed by atoms with Crippen molar-refractivity contribution in [3.63, 3.8) is 0 Å². The molecule has 0 saturated carbocycles. The molecule has 3 aromatic rings. The Kier molecular flexibility index (Phi) is 4.40. The Balaban J connectivity index is 1.89. The Bertz CT molecular complexity index is 971. The molecule has 0 N–H and O–H groups in total. The van der Waals surface area contributed by atoms with Crippen molar-refractivity contribution in [3.05, 3.63) is 80.2 Å². The average molecular weight is 343 g/mol. The molecule has 0 fully saturated rings. The number of hydrogen-bond acceptors (Lipinski definition) is 4. The molecule has 3 rings (SSSR count). The third-order valence-corrected chi connectivity index (χ3v) is 4.16. The molecule has 24 heavy (non-hydrogen) atoms. The highest BCUT2D eigenvalue weighted by Gasteiger charge is 2.12. The molecule has 0 aliphatic heterocycles. The topological polar surface area (TPSA) is 56.5 Å². The second-order valence-corrected chi connectivity index (χ2v) is 6.04. The van der Waals surface area contributed by atoms with Crippen molar-refractivity contribution in [2.75, 3.05) is 0 Å². The molecule has 0 aliphatic carbocycles. The Morgan fingerprint density at radius 1 is 1.12 bits per heavy atom. The lowest BCUT2D eigenvalue weighted by Crippen LogP contribution is -2.08. The molecule has 0 radical (unpaired) electrons. The minimum atomic E-state index is -0.495. The van der Waals surface area contributed by atoms with Crippen molar-refractivity contribution < 1.29 is 13.9 Å². The SMILES string of the molecule is Cc1ccc(C(=O)OCc2cc(=O)oc3cc(C)c(Cl)cc23)cc1. The number of ether oxygens (including phenoxy) is 1. The highest BCUT2D eigenvalue weighted by atomic mass is 35.5. The number of rotatable bonds is 3. The maximum Gasteiger partial charge on any atom is 0.338 e. The molecule has 0 aliphatic rings. The maximum absolute atomic E-state index is 12.1. The van der Waals surface area contributed by atoms with Gasteiger partial charge in [-0.3, -0.25) is 0 Å². The fourth-order valence-corrected chi connectivity index (χ4v) is 2.55. The summed E-state index contributed by atoms with van der Waals surface area (Å²) < 4.78 is 10.5. The van der Waals surface area contributed by atoms with Crippen molar-refractivity contribution in [3.8, 4) is 0 Å². The van der Waals surface area contributed by atoms with E-state index >= 15 is 0 Å². The van der Waals surface area contributed by atoms with E-state index in [1.807, 2.05) is 26.0 Å². The van der Waals surface area contributed by atoms with Crippen LogP contribution in [0.1, 0.15) is 27.0 Å². The van der Waals surface area contributed by atoms with Crippen LogP contribution in [-0.4, -0.2) is 5.97 Å². The Labute approximate surface area is 143 Å². The van der Waals surface area contributed by atoms with E-state index < -0.39 is 11.6 Å². The minimum Gasteiger partial charge on any atom is -0.457 e. The molecule has 5 heteroatoms. The van der Waals surface area contributed by atoms with E-state index in [1.54, 1.807) is 24.3 Å². The number of aryl methyl sites for hydroxylation is 2. The zero-order valence-corrected chi connectivity index (χ0v) is 14.0. The van der Waals surface area contributed by atoms with Gasteiger partial charge in [-0.15, -0.1) is 0 Å². The van der Waals surface area contributed by atoms with Gasteiger partial charge in [0.1, 0.15) is 12.2 Å². The summed E-state index contributed by atoms with van der Waals surface area (Å²) in [5, 5.41) is 1.21. The number of carbonyl (C=O) groups excluding carboxylic acids is 1. The molecule has 0 saturated heterocycles. The van der Waals surface area contributed by atoms with Crippen LogP contribution in [0.15, 0.2) is 51.7 Å². The van der Waals surface area contributed by atoms with Gasteiger partial charge in [-0.2, -0.15) is 0 Å². The van der Waals surface area contributed by atoms with Crippen molar-refractivity contribution in [2.24, 2.45) is 0 Å². The number of halogens is 1. The Morgan fingerprint density at radius 2 is 1.83 bits per heavy atom. The van der Waals surface area contributed by atoms with Crippen LogP contribution in [0.25, 0.3) is 11.0 Å². The van der Waals surface area contributed by atoms with Gasteiger partial charge in [-0.1, -0.05) is 29.3 Å². The molecule has 0 bridgehead atoms. The lowest BCUT2D eigenvalue weighted by molar-refractivity contribution is 0.0474. The molecule has 0 atom stereocenters. The molecule has 2 aromatic carbocycles. The van der Waals surface area contributed by atoms with Crippen molar-refractivity contribution in [1.29, 1.82) is 0 Å². The van der Waals surface area contributed by atoms with Crippen LogP contribution in [0.3, 0.4) is 0 Å². The summed E-state index contributed by atoms with van der Waals surface area (Å²) >= 11 is 6.15. The second kappa shape index (κ2) is 6.49. The predicted octanol–water partition coefficient (Wildman–Crippen LogP) is 4.42. The fraction of sp³-hybridized carbons (Fsp3) is 0.158. The van der Waals surface area contributed by atoms with Crippen LogP contribution in [0.4, 0.5) is 0 Å². The Hall–Kier alpha value is -2.59. The highest BCUT2D eigenvalue weighted by Crippen LogP contribution is 2.25. The van der Waals surface area contributed by atoms with Crippen molar-refractivity contribution >= 4 is 28.5 Å². The summed E-state index contributed by atoms with van der Waals surface area (Å²) in [4.78, 5) is 23.8. The maximum atomic E-state index is 12.1. The summed E-state index contributed by atoms with van der Waals surface area (Å²) in [6.07, 6.45) is 0. The highest BCUT2D eigenvalue weighted by molar-refractivity contribution is 6.32. The zero-order valence-electron chi connectivity index (χ0n) is 13.3. The summed E-state index contributed by atoms with van der Waals surface area (Å²) in [6.45, 7) is 3.73. The lowest BCUT2D eigenvalue weighted by atomic mass is 10.1. The van der Waals surface area contributed by atoms with E-state index in [0.29, 0.717) is 27.1 Å². The molecule has 4 nitrogen and oxygen atoms in total. The van der Waals surface area contributed by atoms with E-state index in [0.717, 1.165) is 11.1 Å². The standard InChI is InChI=1S/C19H15ClO4/c1-11-3-5-13(6-4-11)19(22)23-10-14-8-18(21)24-17-7-12(2)16(20)9-15(14)17/h3-9H,10H2,1-2H3. The third-order valence-electron chi connectivity index (χ3n) is 3.76. The average Bonchev–Trinajstić information content (AvgIpc) is 2.54. The first-order valence-corrected chi connectivity index (χ1v) is 7.78. The van der Waals surface area contributed by atoms with Crippen molar-refractivity contribution in [2.45, 2.75) is 20.5 Å². The van der Waals surface area contributed by atoms with Crippen LogP contribution < -0.4 is 5.63 Å². The molecule has 122 valence electrons. The molecule has 0 amide bonds. The van der Waals surface area contributed by atoms with E-state index in [-0.39, 0.29) is 6.61 Å². The second-order valence-electron chi connectivity index (χ2n) is 5.63. The monoisotopic (exact) mass is 342 g/mol. The summed E-state index contributed by atoms with van der Waals surface area (Å²) in [6, 6.07) is 11.8. The summed E-state index contributed by atoms with van der Waals surface area (Å²) in [7, 11) is 0. The van der Waals surface area contributed by atoms with Crippen LogP contribution in [0.2, 0.25) is 5.02 Å². The van der Waals surface area contributed by atoms with Gasteiger partial charge in [-0.05, 0) is 43.7 Å². The molecule has 0 unspecified atom stereocenters. The quantitative estimate of drug-likeness (QED) is 0.522. The third kappa shape index (κ3) is 3.34. The van der Waals surface area contributed by atoms with Gasteiger partial charge in [0.15, 0.2) is 0 Å². The van der Waals surface area contributed by atoms with E-state index in [2.05, 4.69) is 0 Å². The van der Waals surface area contributed by atoms with E-state index in [1.165, 1.54) is 6.07 Å². The number of benzene rings is 2. The minimum absolute atomic E-state index is 0.0335. The van der Waals surface area contributed by atoms with E-state index in [4.69, 9.17) is 20.8 Å². The van der Waals surface area contributed by atoms with E-state index in [9.17, 15) is 9.59 Å². The molecule has 1 aromatic heterocycles. The molecular formula is C19H15ClO4. The Morgan fingerprint density at radius 3 is 2.54 bits per heavy atom. The summed E-state index contributed by atoms with van der Waals surface area (Å²) in [5.41, 5.74) is 2.81. The van der Waals surface area contributed by atoms with Crippen LogP contribution in [0.5, 0.6) is 0 Å². The van der Waals surface area contributed by atoms with Gasteiger partial charge in [0.25, 0.3) is 0 Å². The number of hydrogen-bond donors (Lipinski definition) is 0.